The molecule has 0 aliphatic heterocycles. The van der Waals surface area contributed by atoms with E-state index in [1.54, 1.807) is 18.2 Å². The highest BCUT2D eigenvalue weighted by Crippen LogP contribution is 2.28. The predicted molar refractivity (Wildman–Crippen MR) is 101 cm³/mol. The summed E-state index contributed by atoms with van der Waals surface area (Å²) in [6.45, 7) is 4.47. The van der Waals surface area contributed by atoms with E-state index in [0.29, 0.717) is 35.3 Å². The monoisotopic (exact) mass is 373 g/mol. The summed E-state index contributed by atoms with van der Waals surface area (Å²) in [5.41, 5.74) is 0.770. The van der Waals surface area contributed by atoms with Crippen molar-refractivity contribution in [3.63, 3.8) is 0 Å². The van der Waals surface area contributed by atoms with Crippen LogP contribution in [0.25, 0.3) is 0 Å². The van der Waals surface area contributed by atoms with Crippen LogP contribution >= 0.6 is 0 Å². The number of benzene rings is 2. The average Bonchev–Trinajstić information content (AvgIpc) is 2.65. The van der Waals surface area contributed by atoms with Crippen molar-refractivity contribution < 1.29 is 28.9 Å². The number of carboxylic acid groups (broad SMARTS) is 1. The molecule has 144 valence electrons. The lowest BCUT2D eigenvalue weighted by Crippen LogP contribution is -2.15. The normalized spacial score (nSPS) is 10.4. The van der Waals surface area contributed by atoms with Crippen LogP contribution in [-0.4, -0.2) is 37.8 Å². The first-order chi connectivity index (χ1) is 12.8. The Balaban J connectivity index is 2.28. The number of aromatic carboxylic acids is 1. The lowest BCUT2D eigenvalue weighted by molar-refractivity contribution is 0.0693. The number of amides is 1. The molecule has 0 aliphatic rings. The number of nitrogens with one attached hydrogen (secondary N) is 1. The Morgan fingerprint density at radius 2 is 1.70 bits per heavy atom. The molecule has 0 aromatic heterocycles. The van der Waals surface area contributed by atoms with Crippen LogP contribution in [0.1, 0.15) is 34.6 Å². The van der Waals surface area contributed by atoms with Gasteiger partial charge in [0.2, 0.25) is 0 Å². The molecule has 0 atom stereocenters. The fraction of sp³-hybridized carbons (Fsp3) is 0.300. The van der Waals surface area contributed by atoms with E-state index >= 15 is 0 Å². The van der Waals surface area contributed by atoms with Gasteiger partial charge in [-0.05, 0) is 30.2 Å². The average molecular weight is 373 g/mol. The highest BCUT2D eigenvalue weighted by Gasteiger charge is 2.17. The SMILES string of the molecule is COc1ccc(C(=O)Nc2ccc(C(=O)O)c(OC)c2)c(OCC(C)C)c1. The maximum atomic E-state index is 12.7. The molecule has 1 amide bonds. The maximum absolute atomic E-state index is 12.7. The summed E-state index contributed by atoms with van der Waals surface area (Å²) in [4.78, 5) is 23.9. The first-order valence-electron chi connectivity index (χ1n) is 8.39. The Hall–Kier alpha value is -3.22. The Bertz CT molecular complexity index is 831. The van der Waals surface area contributed by atoms with E-state index in [4.69, 9.17) is 19.3 Å². The van der Waals surface area contributed by atoms with Crippen molar-refractivity contribution in [2.75, 3.05) is 26.1 Å². The molecule has 0 fully saturated rings. The van der Waals surface area contributed by atoms with Crippen molar-refractivity contribution in [1.82, 2.24) is 0 Å². The highest BCUT2D eigenvalue weighted by molar-refractivity contribution is 6.06. The standard InChI is InChI=1S/C20H23NO6/c1-12(2)11-27-18-10-14(25-3)6-8-15(18)19(22)21-13-5-7-16(20(23)24)17(9-13)26-4/h5-10,12H,11H2,1-4H3,(H,21,22)(H,23,24). The summed E-state index contributed by atoms with van der Waals surface area (Å²) < 4.78 is 16.0. The lowest BCUT2D eigenvalue weighted by Gasteiger charge is -2.15. The number of carboxylic acids is 1. The number of anilines is 1. The van der Waals surface area contributed by atoms with E-state index in [2.05, 4.69) is 5.32 Å². The fourth-order valence-electron chi connectivity index (χ4n) is 2.34. The molecule has 7 heteroatoms. The molecule has 0 bridgehead atoms. The van der Waals surface area contributed by atoms with Crippen LogP contribution in [0.15, 0.2) is 36.4 Å². The maximum Gasteiger partial charge on any atom is 0.339 e. The molecule has 2 aromatic rings. The van der Waals surface area contributed by atoms with Crippen molar-refractivity contribution in [3.8, 4) is 17.2 Å². The van der Waals surface area contributed by atoms with Crippen LogP contribution < -0.4 is 19.5 Å². The quantitative estimate of drug-likeness (QED) is 0.733. The van der Waals surface area contributed by atoms with Gasteiger partial charge in [-0.25, -0.2) is 4.79 Å². The summed E-state index contributed by atoms with van der Waals surface area (Å²) in [7, 11) is 2.91. The van der Waals surface area contributed by atoms with Gasteiger partial charge in [-0.3, -0.25) is 4.79 Å². The van der Waals surface area contributed by atoms with E-state index in [-0.39, 0.29) is 17.2 Å². The zero-order chi connectivity index (χ0) is 20.0. The second-order valence-corrected chi connectivity index (χ2v) is 6.24. The molecular weight excluding hydrogens is 350 g/mol. The Morgan fingerprint density at radius 3 is 2.30 bits per heavy atom. The van der Waals surface area contributed by atoms with E-state index in [1.807, 2.05) is 13.8 Å². The number of rotatable bonds is 8. The molecule has 27 heavy (non-hydrogen) atoms. The third kappa shape index (κ3) is 5.13. The number of carbonyl (C=O) groups is 2. The summed E-state index contributed by atoms with van der Waals surface area (Å²) in [5, 5.41) is 11.9. The molecule has 0 saturated carbocycles. The summed E-state index contributed by atoms with van der Waals surface area (Å²) in [5.74, 6) is -0.0514. The minimum atomic E-state index is -1.11. The zero-order valence-electron chi connectivity index (χ0n) is 15.7. The molecule has 2 rings (SSSR count). The number of hydrogen-bond donors (Lipinski definition) is 2. The molecule has 7 nitrogen and oxygen atoms in total. The molecule has 2 aromatic carbocycles. The van der Waals surface area contributed by atoms with Crippen LogP contribution in [0.5, 0.6) is 17.2 Å². The van der Waals surface area contributed by atoms with Gasteiger partial charge in [0.1, 0.15) is 22.8 Å². The summed E-state index contributed by atoms with van der Waals surface area (Å²) >= 11 is 0. The van der Waals surface area contributed by atoms with Gasteiger partial charge in [0, 0.05) is 17.8 Å². The van der Waals surface area contributed by atoms with Crippen molar-refractivity contribution in [1.29, 1.82) is 0 Å². The molecule has 0 saturated heterocycles. The van der Waals surface area contributed by atoms with Gasteiger partial charge in [-0.2, -0.15) is 0 Å². The van der Waals surface area contributed by atoms with Gasteiger partial charge < -0.3 is 24.6 Å². The second-order valence-electron chi connectivity index (χ2n) is 6.24. The molecule has 0 aliphatic carbocycles. The predicted octanol–water partition coefficient (Wildman–Crippen LogP) is 3.69. The van der Waals surface area contributed by atoms with Crippen molar-refractivity contribution in [3.05, 3.63) is 47.5 Å². The van der Waals surface area contributed by atoms with Gasteiger partial charge in [-0.1, -0.05) is 13.8 Å². The van der Waals surface area contributed by atoms with E-state index < -0.39 is 5.97 Å². The third-order valence-electron chi connectivity index (χ3n) is 3.70. The largest absolute Gasteiger partial charge is 0.497 e. The van der Waals surface area contributed by atoms with Crippen LogP contribution in [0, 0.1) is 5.92 Å². The Labute approximate surface area is 157 Å². The van der Waals surface area contributed by atoms with Gasteiger partial charge in [0.25, 0.3) is 5.91 Å². The number of carbonyl (C=O) groups excluding carboxylic acids is 1. The molecule has 0 heterocycles. The fourth-order valence-corrected chi connectivity index (χ4v) is 2.34. The molecular formula is C20H23NO6. The molecule has 0 spiro atoms. The topological polar surface area (TPSA) is 94.1 Å². The van der Waals surface area contributed by atoms with E-state index in [9.17, 15) is 9.59 Å². The third-order valence-corrected chi connectivity index (χ3v) is 3.70. The minimum absolute atomic E-state index is 0.0147. The number of methoxy groups -OCH3 is 2. The summed E-state index contributed by atoms with van der Waals surface area (Å²) in [6, 6.07) is 9.28. The van der Waals surface area contributed by atoms with Gasteiger partial charge in [-0.15, -0.1) is 0 Å². The van der Waals surface area contributed by atoms with E-state index in [1.165, 1.54) is 32.4 Å². The Kier molecular flexibility index (Phi) is 6.65. The minimum Gasteiger partial charge on any atom is -0.497 e. The van der Waals surface area contributed by atoms with Gasteiger partial charge in [0.15, 0.2) is 0 Å². The summed E-state index contributed by atoms with van der Waals surface area (Å²) in [6.07, 6.45) is 0. The molecule has 0 unspecified atom stereocenters. The number of hydrogen-bond acceptors (Lipinski definition) is 5. The molecule has 0 radical (unpaired) electrons. The zero-order valence-corrected chi connectivity index (χ0v) is 15.7. The first kappa shape index (κ1) is 20.1. The van der Waals surface area contributed by atoms with Crippen LogP contribution in [-0.2, 0) is 0 Å². The lowest BCUT2D eigenvalue weighted by atomic mass is 10.1. The second kappa shape index (κ2) is 8.93. The number of ether oxygens (including phenoxy) is 3. The van der Waals surface area contributed by atoms with Crippen LogP contribution in [0.2, 0.25) is 0 Å². The first-order valence-corrected chi connectivity index (χ1v) is 8.39. The molecule has 2 N–H and O–H groups in total. The van der Waals surface area contributed by atoms with Crippen LogP contribution in [0.4, 0.5) is 5.69 Å². The van der Waals surface area contributed by atoms with Gasteiger partial charge >= 0.3 is 5.97 Å². The van der Waals surface area contributed by atoms with E-state index in [0.717, 1.165) is 0 Å². The van der Waals surface area contributed by atoms with Gasteiger partial charge in [0.05, 0.1) is 26.4 Å². The highest BCUT2D eigenvalue weighted by atomic mass is 16.5. The van der Waals surface area contributed by atoms with Crippen LogP contribution in [0.3, 0.4) is 0 Å². The Morgan fingerprint density at radius 1 is 1.00 bits per heavy atom. The smallest absolute Gasteiger partial charge is 0.339 e. The van der Waals surface area contributed by atoms with Crippen molar-refractivity contribution in [2.24, 2.45) is 5.92 Å². The van der Waals surface area contributed by atoms with Crippen molar-refractivity contribution in [2.45, 2.75) is 13.8 Å². The van der Waals surface area contributed by atoms with Crippen molar-refractivity contribution >= 4 is 17.6 Å².